The lowest BCUT2D eigenvalue weighted by Crippen LogP contribution is -2.55. The molecule has 4 nitrogen and oxygen atoms in total. The summed E-state index contributed by atoms with van der Waals surface area (Å²) in [5, 5.41) is 12.6. The van der Waals surface area contributed by atoms with Gasteiger partial charge in [0.15, 0.2) is 0 Å². The summed E-state index contributed by atoms with van der Waals surface area (Å²) in [6, 6.07) is 12.5. The Labute approximate surface area is 144 Å². The molecule has 1 aliphatic heterocycles. The monoisotopic (exact) mass is 348 g/mol. The number of aliphatic hydroxyl groups excluding tert-OH is 1. The van der Waals surface area contributed by atoms with Gasteiger partial charge in [-0.25, -0.2) is 9.18 Å². The number of carbonyl (C=O) groups is 1. The standard InChI is InChI=1S/C18H18ClFN2O2/c19-16-4-2-1-3-15(16)17(13-5-7-14(20)8-6-13)21-18(24)22-9-12(10-22)11-23/h1-8,12,17,23H,9-11H2,(H,21,24)/t17-/m0/s1. The number of nitrogens with one attached hydrogen (secondary N) is 1. The van der Waals surface area contributed by atoms with Gasteiger partial charge in [0.05, 0.1) is 6.04 Å². The summed E-state index contributed by atoms with van der Waals surface area (Å²) in [6.07, 6.45) is 0. The fraction of sp³-hybridized carbons (Fsp3) is 0.278. The van der Waals surface area contributed by atoms with Crippen LogP contribution in [-0.4, -0.2) is 35.7 Å². The molecule has 1 heterocycles. The number of halogens is 2. The fourth-order valence-corrected chi connectivity index (χ4v) is 3.02. The van der Waals surface area contributed by atoms with Gasteiger partial charge in [-0.05, 0) is 29.3 Å². The van der Waals surface area contributed by atoms with Crippen molar-refractivity contribution in [3.63, 3.8) is 0 Å². The summed E-state index contributed by atoms with van der Waals surface area (Å²) in [7, 11) is 0. The summed E-state index contributed by atoms with van der Waals surface area (Å²) in [5.41, 5.74) is 1.50. The SMILES string of the molecule is O=C(N[C@@H](c1ccc(F)cc1)c1ccccc1Cl)N1CC(CO)C1. The number of nitrogens with zero attached hydrogens (tertiary/aromatic N) is 1. The van der Waals surface area contributed by atoms with Crippen molar-refractivity contribution >= 4 is 17.6 Å². The van der Waals surface area contributed by atoms with Crippen LogP contribution < -0.4 is 5.32 Å². The molecular weight excluding hydrogens is 331 g/mol. The first-order valence-corrected chi connectivity index (χ1v) is 8.12. The van der Waals surface area contributed by atoms with E-state index in [1.165, 1.54) is 12.1 Å². The Hall–Kier alpha value is -2.11. The summed E-state index contributed by atoms with van der Waals surface area (Å²) < 4.78 is 13.2. The molecule has 0 spiro atoms. The highest BCUT2D eigenvalue weighted by atomic mass is 35.5. The van der Waals surface area contributed by atoms with Crippen molar-refractivity contribution in [3.8, 4) is 0 Å². The normalized spacial score (nSPS) is 15.7. The predicted molar refractivity (Wildman–Crippen MR) is 90.4 cm³/mol. The van der Waals surface area contributed by atoms with Gasteiger partial charge in [0.25, 0.3) is 0 Å². The molecular formula is C18H18ClFN2O2. The van der Waals surface area contributed by atoms with Gasteiger partial charge in [0, 0.05) is 30.6 Å². The van der Waals surface area contributed by atoms with Crippen LogP contribution in [0.25, 0.3) is 0 Å². The van der Waals surface area contributed by atoms with E-state index in [9.17, 15) is 9.18 Å². The van der Waals surface area contributed by atoms with Gasteiger partial charge in [-0.15, -0.1) is 0 Å². The third-order valence-electron chi connectivity index (χ3n) is 4.19. The van der Waals surface area contributed by atoms with Gasteiger partial charge >= 0.3 is 6.03 Å². The largest absolute Gasteiger partial charge is 0.396 e. The molecule has 0 aromatic heterocycles. The average molecular weight is 349 g/mol. The van der Waals surface area contributed by atoms with Crippen LogP contribution in [0.15, 0.2) is 48.5 Å². The van der Waals surface area contributed by atoms with Crippen LogP contribution in [0.3, 0.4) is 0 Å². The van der Waals surface area contributed by atoms with Crippen molar-refractivity contribution in [2.45, 2.75) is 6.04 Å². The van der Waals surface area contributed by atoms with Gasteiger partial charge in [-0.3, -0.25) is 0 Å². The Morgan fingerprint density at radius 1 is 1.25 bits per heavy atom. The van der Waals surface area contributed by atoms with Crippen LogP contribution in [0.1, 0.15) is 17.2 Å². The minimum atomic E-state index is -0.472. The first-order valence-electron chi connectivity index (χ1n) is 7.74. The van der Waals surface area contributed by atoms with E-state index in [1.54, 1.807) is 23.1 Å². The van der Waals surface area contributed by atoms with E-state index in [-0.39, 0.29) is 24.4 Å². The second kappa shape index (κ2) is 7.20. The number of benzene rings is 2. The molecule has 1 aliphatic rings. The lowest BCUT2D eigenvalue weighted by Gasteiger charge is -2.39. The van der Waals surface area contributed by atoms with Gasteiger partial charge in [-0.1, -0.05) is 41.9 Å². The Morgan fingerprint density at radius 3 is 2.54 bits per heavy atom. The molecule has 1 atom stereocenters. The second-order valence-corrected chi connectivity index (χ2v) is 6.32. The van der Waals surface area contributed by atoms with Gasteiger partial charge in [-0.2, -0.15) is 0 Å². The highest BCUT2D eigenvalue weighted by Crippen LogP contribution is 2.29. The number of carbonyl (C=O) groups excluding carboxylic acids is 1. The number of hydrogen-bond acceptors (Lipinski definition) is 2. The second-order valence-electron chi connectivity index (χ2n) is 5.91. The van der Waals surface area contributed by atoms with Crippen molar-refractivity contribution in [2.75, 3.05) is 19.7 Å². The maximum atomic E-state index is 13.2. The molecule has 2 amide bonds. The van der Waals surface area contributed by atoms with Crippen molar-refractivity contribution in [2.24, 2.45) is 5.92 Å². The van der Waals surface area contributed by atoms with Crippen LogP contribution in [0.4, 0.5) is 9.18 Å². The molecule has 6 heteroatoms. The van der Waals surface area contributed by atoms with E-state index in [2.05, 4.69) is 5.32 Å². The van der Waals surface area contributed by atoms with E-state index < -0.39 is 6.04 Å². The molecule has 126 valence electrons. The maximum Gasteiger partial charge on any atom is 0.318 e. The summed E-state index contributed by atoms with van der Waals surface area (Å²) in [5.74, 6) is -0.197. The van der Waals surface area contributed by atoms with E-state index in [4.69, 9.17) is 16.7 Å². The quantitative estimate of drug-likeness (QED) is 0.891. The van der Waals surface area contributed by atoms with E-state index in [0.29, 0.717) is 18.1 Å². The molecule has 1 fully saturated rings. The Bertz CT molecular complexity index is 717. The highest BCUT2D eigenvalue weighted by Gasteiger charge is 2.31. The first-order chi connectivity index (χ1) is 11.6. The number of likely N-dealkylation sites (tertiary alicyclic amines) is 1. The molecule has 0 unspecified atom stereocenters. The molecule has 1 saturated heterocycles. The average Bonchev–Trinajstić information content (AvgIpc) is 2.53. The molecule has 2 aromatic carbocycles. The molecule has 0 bridgehead atoms. The first kappa shape index (κ1) is 16.7. The number of aliphatic hydroxyl groups is 1. The number of urea groups is 1. The Morgan fingerprint density at radius 2 is 1.92 bits per heavy atom. The zero-order valence-electron chi connectivity index (χ0n) is 13.0. The third-order valence-corrected chi connectivity index (χ3v) is 4.53. The predicted octanol–water partition coefficient (Wildman–Crippen LogP) is 3.20. The smallest absolute Gasteiger partial charge is 0.318 e. The van der Waals surface area contributed by atoms with E-state index in [0.717, 1.165) is 11.1 Å². The van der Waals surface area contributed by atoms with Crippen LogP contribution in [0.5, 0.6) is 0 Å². The topological polar surface area (TPSA) is 52.6 Å². The summed E-state index contributed by atoms with van der Waals surface area (Å²) >= 11 is 6.28. The van der Waals surface area contributed by atoms with Gasteiger partial charge in [0.1, 0.15) is 5.82 Å². The third kappa shape index (κ3) is 3.52. The summed E-state index contributed by atoms with van der Waals surface area (Å²) in [4.78, 5) is 14.1. The van der Waals surface area contributed by atoms with Crippen molar-refractivity contribution in [3.05, 3.63) is 70.5 Å². The van der Waals surface area contributed by atoms with Gasteiger partial charge in [0.2, 0.25) is 0 Å². The van der Waals surface area contributed by atoms with Crippen molar-refractivity contribution in [1.82, 2.24) is 10.2 Å². The van der Waals surface area contributed by atoms with Gasteiger partial charge < -0.3 is 15.3 Å². The fourth-order valence-electron chi connectivity index (χ4n) is 2.77. The maximum absolute atomic E-state index is 13.2. The molecule has 2 N–H and O–H groups in total. The molecule has 24 heavy (non-hydrogen) atoms. The van der Waals surface area contributed by atoms with Crippen LogP contribution in [0, 0.1) is 11.7 Å². The lowest BCUT2D eigenvalue weighted by molar-refractivity contribution is 0.0768. The minimum absolute atomic E-state index is 0.0791. The zero-order chi connectivity index (χ0) is 17.1. The van der Waals surface area contributed by atoms with Crippen molar-refractivity contribution in [1.29, 1.82) is 0 Å². The van der Waals surface area contributed by atoms with E-state index in [1.807, 2.05) is 18.2 Å². The lowest BCUT2D eigenvalue weighted by atomic mass is 9.98. The zero-order valence-corrected chi connectivity index (χ0v) is 13.7. The molecule has 2 aromatic rings. The number of hydrogen-bond donors (Lipinski definition) is 2. The van der Waals surface area contributed by atoms with E-state index >= 15 is 0 Å². The Kier molecular flexibility index (Phi) is 5.02. The minimum Gasteiger partial charge on any atom is -0.396 e. The Balaban J connectivity index is 1.84. The molecule has 0 radical (unpaired) electrons. The summed E-state index contributed by atoms with van der Waals surface area (Å²) in [6.45, 7) is 1.14. The highest BCUT2D eigenvalue weighted by molar-refractivity contribution is 6.31. The van der Waals surface area contributed by atoms with Crippen LogP contribution in [0.2, 0.25) is 5.02 Å². The van der Waals surface area contributed by atoms with Crippen LogP contribution in [-0.2, 0) is 0 Å². The number of amides is 2. The molecule has 0 saturated carbocycles. The van der Waals surface area contributed by atoms with Crippen LogP contribution >= 0.6 is 11.6 Å². The number of rotatable bonds is 4. The molecule has 3 rings (SSSR count). The van der Waals surface area contributed by atoms with Crippen molar-refractivity contribution < 1.29 is 14.3 Å². The molecule has 0 aliphatic carbocycles.